The minimum atomic E-state index is -3.85. The first-order chi connectivity index (χ1) is 15.3. The number of sulfonamides is 1. The smallest absolute Gasteiger partial charge is 0.243 e. The lowest BCUT2D eigenvalue weighted by Gasteiger charge is -2.31. The van der Waals surface area contributed by atoms with Gasteiger partial charge in [-0.3, -0.25) is 4.79 Å². The zero-order chi connectivity index (χ0) is 22.9. The van der Waals surface area contributed by atoms with Crippen molar-refractivity contribution in [3.05, 3.63) is 53.1 Å². The Bertz CT molecular complexity index is 1120. The normalized spacial score (nSPS) is 18.2. The van der Waals surface area contributed by atoms with Crippen LogP contribution in [0.3, 0.4) is 0 Å². The number of anilines is 2. The van der Waals surface area contributed by atoms with E-state index in [4.69, 9.17) is 11.6 Å². The molecule has 1 amide bonds. The molecule has 2 aliphatic heterocycles. The van der Waals surface area contributed by atoms with E-state index in [1.54, 1.807) is 12.1 Å². The second-order valence-corrected chi connectivity index (χ2v) is 10.4. The Morgan fingerprint density at radius 2 is 1.69 bits per heavy atom. The van der Waals surface area contributed by atoms with Gasteiger partial charge in [0.1, 0.15) is 17.3 Å². The predicted octanol–water partition coefficient (Wildman–Crippen LogP) is 4.26. The summed E-state index contributed by atoms with van der Waals surface area (Å²) in [5, 5.41) is 2.48. The van der Waals surface area contributed by atoms with Crippen molar-refractivity contribution in [1.29, 1.82) is 0 Å². The van der Waals surface area contributed by atoms with Crippen LogP contribution < -0.4 is 10.2 Å². The maximum absolute atomic E-state index is 14.5. The molecule has 172 valence electrons. The van der Waals surface area contributed by atoms with E-state index >= 15 is 0 Å². The van der Waals surface area contributed by atoms with E-state index < -0.39 is 27.6 Å². The minimum Gasteiger partial charge on any atom is -0.370 e. The molecule has 0 unspecified atom stereocenters. The molecule has 0 atom stereocenters. The number of rotatable bonds is 5. The van der Waals surface area contributed by atoms with Crippen molar-refractivity contribution in [2.45, 2.75) is 30.6 Å². The molecule has 0 saturated carbocycles. The van der Waals surface area contributed by atoms with Crippen LogP contribution in [0.15, 0.2) is 41.3 Å². The second-order valence-electron chi connectivity index (χ2n) is 8.07. The second kappa shape index (κ2) is 9.33. The molecular formula is C22H24ClF2N3O3S. The highest BCUT2D eigenvalue weighted by atomic mass is 35.5. The van der Waals surface area contributed by atoms with Gasteiger partial charge in [-0.2, -0.15) is 4.31 Å². The Balaban J connectivity index is 1.43. The fourth-order valence-electron chi connectivity index (χ4n) is 4.23. The molecule has 0 aliphatic carbocycles. The third kappa shape index (κ3) is 4.60. The van der Waals surface area contributed by atoms with E-state index in [2.05, 4.69) is 10.2 Å². The van der Waals surface area contributed by atoms with Crippen LogP contribution in [0.25, 0.3) is 0 Å². The number of piperidine rings is 1. The standard InChI is InChI=1S/C22H24ClF2N3O3S/c23-17-14-16(6-7-18(17)24)32(30,31)28-12-8-15(9-13-28)22(29)26-21-19(25)4-3-5-20(21)27-10-1-2-11-27/h3-7,14-15H,1-2,8-13H2,(H,26,29). The predicted molar refractivity (Wildman–Crippen MR) is 119 cm³/mol. The van der Waals surface area contributed by atoms with Crippen LogP contribution >= 0.6 is 11.6 Å². The van der Waals surface area contributed by atoms with Crippen molar-refractivity contribution in [1.82, 2.24) is 4.31 Å². The number of para-hydroxylation sites is 1. The Morgan fingerprint density at radius 1 is 1.00 bits per heavy atom. The monoisotopic (exact) mass is 483 g/mol. The first kappa shape index (κ1) is 22.9. The highest BCUT2D eigenvalue weighted by Gasteiger charge is 2.33. The van der Waals surface area contributed by atoms with Gasteiger partial charge >= 0.3 is 0 Å². The molecule has 2 aromatic rings. The summed E-state index contributed by atoms with van der Waals surface area (Å²) >= 11 is 5.73. The zero-order valence-corrected chi connectivity index (χ0v) is 18.9. The number of nitrogens with zero attached hydrogens (tertiary/aromatic N) is 2. The molecule has 10 heteroatoms. The lowest BCUT2D eigenvalue weighted by molar-refractivity contribution is -0.120. The average molecular weight is 484 g/mol. The van der Waals surface area contributed by atoms with Crippen molar-refractivity contribution in [2.75, 3.05) is 36.4 Å². The fourth-order valence-corrected chi connectivity index (χ4v) is 5.97. The Labute approximate surface area is 191 Å². The van der Waals surface area contributed by atoms with Crippen LogP contribution in [-0.2, 0) is 14.8 Å². The number of hydrogen-bond donors (Lipinski definition) is 1. The van der Waals surface area contributed by atoms with E-state index in [1.165, 1.54) is 16.4 Å². The van der Waals surface area contributed by atoms with E-state index in [0.717, 1.165) is 38.1 Å². The summed E-state index contributed by atoms with van der Waals surface area (Å²) in [5.74, 6) is -1.94. The highest BCUT2D eigenvalue weighted by Crippen LogP contribution is 2.33. The maximum atomic E-state index is 14.5. The lowest BCUT2D eigenvalue weighted by Crippen LogP contribution is -2.41. The van der Waals surface area contributed by atoms with Gasteiger partial charge in [0, 0.05) is 32.1 Å². The fraction of sp³-hybridized carbons (Fsp3) is 0.409. The Hall–Kier alpha value is -2.23. The summed E-state index contributed by atoms with van der Waals surface area (Å²) in [6.07, 6.45) is 2.65. The number of hydrogen-bond acceptors (Lipinski definition) is 4. The summed E-state index contributed by atoms with van der Waals surface area (Å²) in [6, 6.07) is 8.02. The number of amides is 1. The summed E-state index contributed by atoms with van der Waals surface area (Å²) in [4.78, 5) is 14.8. The van der Waals surface area contributed by atoms with Gasteiger partial charge in [-0.05, 0) is 56.0 Å². The Kier molecular flexibility index (Phi) is 6.69. The third-order valence-electron chi connectivity index (χ3n) is 6.04. The number of benzene rings is 2. The molecule has 0 spiro atoms. The van der Waals surface area contributed by atoms with Crippen LogP contribution in [0.4, 0.5) is 20.2 Å². The van der Waals surface area contributed by atoms with Gasteiger partial charge in [0.2, 0.25) is 15.9 Å². The SMILES string of the molecule is O=C(Nc1c(F)cccc1N1CCCC1)C1CCN(S(=O)(=O)c2ccc(F)c(Cl)c2)CC1. The lowest BCUT2D eigenvalue weighted by atomic mass is 9.97. The number of halogens is 3. The van der Waals surface area contributed by atoms with Gasteiger partial charge in [0.15, 0.2) is 0 Å². The van der Waals surface area contributed by atoms with Gasteiger partial charge in [-0.25, -0.2) is 17.2 Å². The summed E-state index contributed by atoms with van der Waals surface area (Å²) < 4.78 is 54.9. The van der Waals surface area contributed by atoms with Gasteiger partial charge in [-0.1, -0.05) is 17.7 Å². The number of carbonyl (C=O) groups excluding carboxylic acids is 1. The van der Waals surface area contributed by atoms with Crippen LogP contribution in [0, 0.1) is 17.6 Å². The Morgan fingerprint density at radius 3 is 2.34 bits per heavy atom. The van der Waals surface area contributed by atoms with Crippen LogP contribution in [0.2, 0.25) is 5.02 Å². The van der Waals surface area contributed by atoms with Crippen LogP contribution in [0.5, 0.6) is 0 Å². The molecule has 0 aromatic heterocycles. The number of carbonyl (C=O) groups is 1. The molecule has 2 fully saturated rings. The summed E-state index contributed by atoms with van der Waals surface area (Å²) in [7, 11) is -3.85. The topological polar surface area (TPSA) is 69.7 Å². The largest absolute Gasteiger partial charge is 0.370 e. The first-order valence-corrected chi connectivity index (χ1v) is 12.4. The van der Waals surface area contributed by atoms with Gasteiger partial charge in [0.25, 0.3) is 0 Å². The molecule has 6 nitrogen and oxygen atoms in total. The van der Waals surface area contributed by atoms with E-state index in [1.807, 2.05) is 0 Å². The van der Waals surface area contributed by atoms with Crippen molar-refractivity contribution < 1.29 is 22.0 Å². The number of nitrogens with one attached hydrogen (secondary N) is 1. The molecule has 2 saturated heterocycles. The van der Waals surface area contributed by atoms with Crippen LogP contribution in [-0.4, -0.2) is 44.8 Å². The molecule has 1 N–H and O–H groups in total. The molecule has 2 aliphatic rings. The van der Waals surface area contributed by atoms with Gasteiger partial charge in [-0.15, -0.1) is 0 Å². The molecule has 2 heterocycles. The summed E-state index contributed by atoms with van der Waals surface area (Å²) in [6.45, 7) is 1.89. The quantitative estimate of drug-likeness (QED) is 0.690. The third-order valence-corrected chi connectivity index (χ3v) is 8.22. The molecular weight excluding hydrogens is 460 g/mol. The van der Waals surface area contributed by atoms with E-state index in [-0.39, 0.29) is 34.6 Å². The van der Waals surface area contributed by atoms with Crippen LogP contribution in [0.1, 0.15) is 25.7 Å². The highest BCUT2D eigenvalue weighted by molar-refractivity contribution is 7.89. The van der Waals surface area contributed by atoms with Crippen molar-refractivity contribution in [3.63, 3.8) is 0 Å². The zero-order valence-electron chi connectivity index (χ0n) is 17.4. The van der Waals surface area contributed by atoms with Gasteiger partial charge < -0.3 is 10.2 Å². The van der Waals surface area contributed by atoms with E-state index in [9.17, 15) is 22.0 Å². The molecule has 0 bridgehead atoms. The molecule has 0 radical (unpaired) electrons. The molecule has 4 rings (SSSR count). The molecule has 32 heavy (non-hydrogen) atoms. The van der Waals surface area contributed by atoms with Crippen molar-refractivity contribution in [2.24, 2.45) is 5.92 Å². The summed E-state index contributed by atoms with van der Waals surface area (Å²) in [5.41, 5.74) is 0.847. The van der Waals surface area contributed by atoms with Crippen molar-refractivity contribution in [3.8, 4) is 0 Å². The van der Waals surface area contributed by atoms with Crippen molar-refractivity contribution >= 4 is 38.9 Å². The van der Waals surface area contributed by atoms with E-state index in [0.29, 0.717) is 18.5 Å². The maximum Gasteiger partial charge on any atom is 0.243 e. The average Bonchev–Trinajstić information content (AvgIpc) is 3.31. The minimum absolute atomic E-state index is 0.0894. The first-order valence-electron chi connectivity index (χ1n) is 10.6. The molecule has 2 aromatic carbocycles. The van der Waals surface area contributed by atoms with Gasteiger partial charge in [0.05, 0.1) is 15.6 Å².